The van der Waals surface area contributed by atoms with Crippen LogP contribution in [0.15, 0.2) is 118 Å². The molecule has 0 aromatic heterocycles. The summed E-state index contributed by atoms with van der Waals surface area (Å²) in [6.45, 7) is 1.98. The maximum absolute atomic E-state index is 12.8. The molecule has 156 valence electrons. The monoisotopic (exact) mass is 412 g/mol. The van der Waals surface area contributed by atoms with E-state index < -0.39 is 11.9 Å². The molecule has 0 saturated carbocycles. The van der Waals surface area contributed by atoms with Gasteiger partial charge in [0, 0.05) is 5.57 Å². The second-order valence-electron chi connectivity index (χ2n) is 6.93. The van der Waals surface area contributed by atoms with Crippen LogP contribution in [0.4, 0.5) is 0 Å². The van der Waals surface area contributed by atoms with Crippen LogP contribution in [0.3, 0.4) is 0 Å². The molecule has 3 rings (SSSR count). The van der Waals surface area contributed by atoms with Gasteiger partial charge in [0.25, 0.3) is 0 Å². The van der Waals surface area contributed by atoms with Gasteiger partial charge in [0.15, 0.2) is 0 Å². The van der Waals surface area contributed by atoms with Gasteiger partial charge in [-0.1, -0.05) is 90.6 Å². The fourth-order valence-electron chi connectivity index (χ4n) is 3.35. The third-order valence-corrected chi connectivity index (χ3v) is 4.81. The van der Waals surface area contributed by atoms with E-state index in [-0.39, 0.29) is 11.1 Å². The van der Waals surface area contributed by atoms with Crippen molar-refractivity contribution in [2.75, 3.05) is 14.2 Å². The molecule has 31 heavy (non-hydrogen) atoms. The molecule has 0 spiro atoms. The maximum Gasteiger partial charge on any atom is 0.339 e. The molecule has 0 saturated heterocycles. The fourth-order valence-corrected chi connectivity index (χ4v) is 3.35. The third-order valence-electron chi connectivity index (χ3n) is 4.81. The van der Waals surface area contributed by atoms with Gasteiger partial charge in [0.2, 0.25) is 0 Å². The Morgan fingerprint density at radius 1 is 0.871 bits per heavy atom. The molecule has 4 heteroatoms. The second-order valence-corrected chi connectivity index (χ2v) is 6.93. The smallest absolute Gasteiger partial charge is 0.339 e. The first kappa shape index (κ1) is 21.8. The first-order chi connectivity index (χ1) is 15.0. The van der Waals surface area contributed by atoms with Crippen molar-refractivity contribution in [1.82, 2.24) is 0 Å². The molecule has 2 aliphatic carbocycles. The molecule has 4 nitrogen and oxygen atoms in total. The Bertz CT molecular complexity index is 1120. The van der Waals surface area contributed by atoms with E-state index in [9.17, 15) is 9.59 Å². The molecule has 0 unspecified atom stereocenters. The molecule has 0 N–H and O–H groups in total. The highest BCUT2D eigenvalue weighted by Gasteiger charge is 2.28. The Labute approximate surface area is 182 Å². The molecule has 0 radical (unpaired) electrons. The fraction of sp³-hybridized carbons (Fsp3) is 0.111. The van der Waals surface area contributed by atoms with Gasteiger partial charge in [0.1, 0.15) is 0 Å². The van der Waals surface area contributed by atoms with Crippen LogP contribution in [-0.2, 0) is 19.1 Å². The number of esters is 2. The van der Waals surface area contributed by atoms with E-state index in [2.05, 4.69) is 0 Å². The number of carbonyl (C=O) groups is 2. The van der Waals surface area contributed by atoms with Crippen molar-refractivity contribution in [1.29, 1.82) is 0 Å². The average molecular weight is 412 g/mol. The van der Waals surface area contributed by atoms with E-state index in [1.54, 1.807) is 12.2 Å². The summed E-state index contributed by atoms with van der Waals surface area (Å²) in [7, 11) is 2.59. The summed E-state index contributed by atoms with van der Waals surface area (Å²) in [5, 5.41) is 0. The van der Waals surface area contributed by atoms with Gasteiger partial charge < -0.3 is 9.47 Å². The van der Waals surface area contributed by atoms with Gasteiger partial charge in [-0.3, -0.25) is 0 Å². The molecular formula is C27H24O4. The topological polar surface area (TPSA) is 52.6 Å². The molecule has 0 amide bonds. The van der Waals surface area contributed by atoms with Gasteiger partial charge in [-0.25, -0.2) is 9.59 Å². The standard InChI is InChI=1S/C27H24O4/c1-19-16-17-21(13-8-7-12-20-10-5-4-6-11-20)24-22(18-19)14-9-15-23(26(28)30-2)25(24)27(29)31-3/h4-18H,1-3H3/b12-7+,13-8+. The maximum atomic E-state index is 12.8. The van der Waals surface area contributed by atoms with Gasteiger partial charge in [-0.15, -0.1) is 0 Å². The van der Waals surface area contributed by atoms with Crippen molar-refractivity contribution < 1.29 is 19.1 Å². The van der Waals surface area contributed by atoms with Crippen LogP contribution in [0, 0.1) is 0 Å². The highest BCUT2D eigenvalue weighted by Crippen LogP contribution is 2.34. The van der Waals surface area contributed by atoms with Crippen LogP contribution in [0.1, 0.15) is 12.5 Å². The molecule has 1 aromatic carbocycles. The number of rotatable bonds is 5. The molecule has 0 fully saturated rings. The minimum Gasteiger partial charge on any atom is -0.465 e. The number of hydrogen-bond donors (Lipinski definition) is 0. The minimum absolute atomic E-state index is 0.155. The summed E-state index contributed by atoms with van der Waals surface area (Å²) in [5.74, 6) is -1.19. The summed E-state index contributed by atoms with van der Waals surface area (Å²) in [6, 6.07) is 9.97. The van der Waals surface area contributed by atoms with Crippen molar-refractivity contribution in [3.63, 3.8) is 0 Å². The van der Waals surface area contributed by atoms with Crippen LogP contribution in [0.5, 0.6) is 0 Å². The number of hydrogen-bond acceptors (Lipinski definition) is 4. The normalized spacial score (nSPS) is 16.1. The quantitative estimate of drug-likeness (QED) is 0.492. The van der Waals surface area contributed by atoms with Crippen molar-refractivity contribution in [3.8, 4) is 0 Å². The SMILES string of the molecule is COC(=O)C1=C(C(=O)OC)C2=C(/C=C/C=C/c3ccccc3)C=CC(C)=CC2=CC=C1. The van der Waals surface area contributed by atoms with E-state index in [1.165, 1.54) is 14.2 Å². The lowest BCUT2D eigenvalue weighted by Crippen LogP contribution is -2.16. The second kappa shape index (κ2) is 10.2. The predicted molar refractivity (Wildman–Crippen MR) is 123 cm³/mol. The van der Waals surface area contributed by atoms with Crippen molar-refractivity contribution in [2.45, 2.75) is 6.92 Å². The lowest BCUT2D eigenvalue weighted by Gasteiger charge is -2.15. The lowest BCUT2D eigenvalue weighted by atomic mass is 9.90. The zero-order valence-corrected chi connectivity index (χ0v) is 17.8. The Morgan fingerprint density at radius 3 is 2.29 bits per heavy atom. The van der Waals surface area contributed by atoms with Crippen molar-refractivity contribution in [2.24, 2.45) is 0 Å². The third kappa shape index (κ3) is 5.17. The molecule has 1 aromatic rings. The lowest BCUT2D eigenvalue weighted by molar-refractivity contribution is -0.138. The summed E-state index contributed by atoms with van der Waals surface area (Å²) in [5.41, 5.74) is 4.65. The largest absolute Gasteiger partial charge is 0.465 e. The molecule has 2 aliphatic rings. The van der Waals surface area contributed by atoms with Gasteiger partial charge in [-0.2, -0.15) is 0 Å². The zero-order valence-electron chi connectivity index (χ0n) is 17.8. The van der Waals surface area contributed by atoms with Crippen LogP contribution in [0.2, 0.25) is 0 Å². The summed E-state index contributed by atoms with van der Waals surface area (Å²) in [4.78, 5) is 25.2. The summed E-state index contributed by atoms with van der Waals surface area (Å²) in [6.07, 6.45) is 18.8. The van der Waals surface area contributed by atoms with Crippen molar-refractivity contribution in [3.05, 3.63) is 124 Å². The highest BCUT2D eigenvalue weighted by atomic mass is 16.5. The van der Waals surface area contributed by atoms with Gasteiger partial charge in [0.05, 0.1) is 25.4 Å². The minimum atomic E-state index is -0.597. The van der Waals surface area contributed by atoms with E-state index in [1.807, 2.05) is 85.9 Å². The number of methoxy groups -OCH3 is 2. The molecule has 0 heterocycles. The number of ether oxygens (including phenoxy) is 2. The zero-order chi connectivity index (χ0) is 22.2. The van der Waals surface area contributed by atoms with Crippen LogP contribution >= 0.6 is 0 Å². The summed E-state index contributed by atoms with van der Waals surface area (Å²) < 4.78 is 9.96. The summed E-state index contributed by atoms with van der Waals surface area (Å²) >= 11 is 0. The number of fused-ring (bicyclic) bond motifs is 1. The Hall–Kier alpha value is -3.92. The van der Waals surface area contributed by atoms with Crippen molar-refractivity contribution >= 4 is 18.0 Å². The molecular weight excluding hydrogens is 388 g/mol. The number of benzene rings is 1. The number of allylic oxidation sites excluding steroid dienone is 11. The Morgan fingerprint density at radius 2 is 1.58 bits per heavy atom. The van der Waals surface area contributed by atoms with Crippen LogP contribution in [-0.4, -0.2) is 26.2 Å². The molecule has 0 atom stereocenters. The van der Waals surface area contributed by atoms with Gasteiger partial charge in [-0.05, 0) is 29.7 Å². The highest BCUT2D eigenvalue weighted by molar-refractivity contribution is 6.07. The molecule has 0 aliphatic heterocycles. The van der Waals surface area contributed by atoms with E-state index in [0.29, 0.717) is 5.57 Å². The first-order valence-corrected chi connectivity index (χ1v) is 9.85. The Kier molecular flexibility index (Phi) is 7.17. The average Bonchev–Trinajstić information content (AvgIpc) is 3.06. The Balaban J connectivity index is 2.16. The van der Waals surface area contributed by atoms with E-state index in [4.69, 9.17) is 9.47 Å². The van der Waals surface area contributed by atoms with Gasteiger partial charge >= 0.3 is 11.9 Å². The van der Waals surface area contributed by atoms with Crippen LogP contribution < -0.4 is 0 Å². The first-order valence-electron chi connectivity index (χ1n) is 9.85. The number of carbonyl (C=O) groups excluding carboxylic acids is 2. The molecule has 0 bridgehead atoms. The predicted octanol–water partition coefficient (Wildman–Crippen LogP) is 5.21. The van der Waals surface area contributed by atoms with Crippen LogP contribution in [0.25, 0.3) is 6.08 Å². The van der Waals surface area contributed by atoms with E-state index in [0.717, 1.165) is 22.3 Å². The van der Waals surface area contributed by atoms with E-state index >= 15 is 0 Å².